The first-order chi connectivity index (χ1) is 14.9. The normalized spacial score (nSPS) is 15.6. The number of hydrogen-bond acceptors (Lipinski definition) is 6. The van der Waals surface area contributed by atoms with Crippen molar-refractivity contribution in [2.45, 2.75) is 13.0 Å². The van der Waals surface area contributed by atoms with E-state index in [0.717, 1.165) is 0 Å². The summed E-state index contributed by atoms with van der Waals surface area (Å²) in [5.74, 6) is 1.11. The van der Waals surface area contributed by atoms with Crippen molar-refractivity contribution < 1.29 is 28.5 Å². The first kappa shape index (κ1) is 22.5. The van der Waals surface area contributed by atoms with Gasteiger partial charge >= 0.3 is 12.0 Å². The summed E-state index contributed by atoms with van der Waals surface area (Å²) in [5.41, 5.74) is 1.32. The molecule has 31 heavy (non-hydrogen) atoms. The van der Waals surface area contributed by atoms with Gasteiger partial charge in [-0.3, -0.25) is 0 Å². The number of methoxy groups -OCH3 is 2. The number of amides is 2. The van der Waals surface area contributed by atoms with Crippen LogP contribution in [0.3, 0.4) is 0 Å². The number of rotatable bonds is 8. The largest absolute Gasteiger partial charge is 0.493 e. The molecule has 1 heterocycles. The molecule has 9 heteroatoms. The Bertz CT molecular complexity index is 993. The first-order valence-electron chi connectivity index (χ1n) is 9.49. The molecule has 2 aromatic carbocycles. The van der Waals surface area contributed by atoms with Crippen LogP contribution in [-0.2, 0) is 9.53 Å². The van der Waals surface area contributed by atoms with E-state index >= 15 is 0 Å². The smallest absolute Gasteiger partial charge is 0.338 e. The minimum Gasteiger partial charge on any atom is -0.493 e. The Morgan fingerprint density at radius 3 is 2.42 bits per heavy atom. The number of para-hydroxylation sites is 1. The van der Waals surface area contributed by atoms with Crippen molar-refractivity contribution in [1.82, 2.24) is 10.6 Å². The van der Waals surface area contributed by atoms with Crippen LogP contribution in [0.5, 0.6) is 17.2 Å². The maximum absolute atomic E-state index is 12.9. The maximum atomic E-state index is 12.9. The maximum Gasteiger partial charge on any atom is 0.338 e. The summed E-state index contributed by atoms with van der Waals surface area (Å²) in [4.78, 5) is 25.0. The van der Waals surface area contributed by atoms with E-state index in [2.05, 4.69) is 26.6 Å². The molecule has 1 aliphatic rings. The number of urea groups is 1. The van der Waals surface area contributed by atoms with E-state index in [9.17, 15) is 9.59 Å². The van der Waals surface area contributed by atoms with Gasteiger partial charge in [-0.05, 0) is 36.8 Å². The molecule has 2 aromatic rings. The Hall–Kier alpha value is -3.20. The van der Waals surface area contributed by atoms with Crippen LogP contribution in [0.2, 0.25) is 0 Å². The van der Waals surface area contributed by atoms with Gasteiger partial charge in [0.25, 0.3) is 0 Å². The van der Waals surface area contributed by atoms with Gasteiger partial charge in [-0.25, -0.2) is 9.59 Å². The van der Waals surface area contributed by atoms with Crippen LogP contribution in [0.25, 0.3) is 0 Å². The van der Waals surface area contributed by atoms with Crippen molar-refractivity contribution in [1.29, 1.82) is 0 Å². The molecule has 1 atom stereocenters. The molecule has 8 nitrogen and oxygen atoms in total. The highest BCUT2D eigenvalue weighted by atomic mass is 79.9. The van der Waals surface area contributed by atoms with Gasteiger partial charge in [-0.1, -0.05) is 34.1 Å². The Balaban J connectivity index is 1.79. The van der Waals surface area contributed by atoms with Crippen molar-refractivity contribution in [3.63, 3.8) is 0 Å². The highest BCUT2D eigenvalue weighted by Crippen LogP contribution is 2.39. The second-order valence-corrected chi connectivity index (χ2v) is 7.45. The van der Waals surface area contributed by atoms with Crippen LogP contribution in [-0.4, -0.2) is 39.4 Å². The van der Waals surface area contributed by atoms with Crippen molar-refractivity contribution in [2.24, 2.45) is 0 Å². The zero-order valence-corrected chi connectivity index (χ0v) is 18.9. The molecular formula is C22H23BrN2O6. The molecule has 0 radical (unpaired) electrons. The third-order valence-electron chi connectivity index (χ3n) is 4.63. The van der Waals surface area contributed by atoms with Crippen LogP contribution in [0.1, 0.15) is 18.5 Å². The highest BCUT2D eigenvalue weighted by Gasteiger charge is 2.34. The van der Waals surface area contributed by atoms with Crippen molar-refractivity contribution in [3.8, 4) is 17.2 Å². The van der Waals surface area contributed by atoms with Gasteiger partial charge in [0.15, 0.2) is 11.5 Å². The van der Waals surface area contributed by atoms with Crippen molar-refractivity contribution in [2.75, 3.05) is 27.4 Å². The summed E-state index contributed by atoms with van der Waals surface area (Å²) in [6, 6.07) is 11.5. The number of carbonyl (C=O) groups is 2. The minimum atomic E-state index is -0.745. The molecule has 164 valence electrons. The summed E-state index contributed by atoms with van der Waals surface area (Å²) in [5, 5.41) is 5.40. The molecule has 2 amide bonds. The third-order valence-corrected chi connectivity index (χ3v) is 5.32. The van der Waals surface area contributed by atoms with Crippen molar-refractivity contribution >= 4 is 27.9 Å². The molecule has 0 saturated heterocycles. The molecule has 0 saturated carbocycles. The standard InChI is InChI=1S/C22H23BrN2O6/c1-13-19(21(26)31-10-9-30-14-7-5-4-6-8-14)20(25-22(27)24-13)15-11-17(28-2)18(29-3)12-16(15)23/h4-8,11-12,20H,9-10H2,1-3H3,(H2,24,25,27)/t20-/m1/s1. The number of halogens is 1. The summed E-state index contributed by atoms with van der Waals surface area (Å²) in [6.45, 7) is 1.91. The van der Waals surface area contributed by atoms with E-state index in [4.69, 9.17) is 18.9 Å². The summed E-state index contributed by atoms with van der Waals surface area (Å²) >= 11 is 3.49. The Kier molecular flexibility index (Phi) is 7.41. The van der Waals surface area contributed by atoms with Gasteiger partial charge in [0.05, 0.1) is 25.8 Å². The van der Waals surface area contributed by atoms with E-state index in [1.54, 1.807) is 19.1 Å². The fourth-order valence-electron chi connectivity index (χ4n) is 3.18. The van der Waals surface area contributed by atoms with E-state index in [1.165, 1.54) is 14.2 Å². The first-order valence-corrected chi connectivity index (χ1v) is 10.3. The van der Waals surface area contributed by atoms with Crippen LogP contribution < -0.4 is 24.8 Å². The van der Waals surface area contributed by atoms with E-state index < -0.39 is 18.0 Å². The minimum absolute atomic E-state index is 0.0538. The lowest BCUT2D eigenvalue weighted by Crippen LogP contribution is -2.45. The predicted octanol–water partition coefficient (Wildman–Crippen LogP) is 3.72. The quantitative estimate of drug-likeness (QED) is 0.432. The Morgan fingerprint density at radius 1 is 1.06 bits per heavy atom. The van der Waals surface area contributed by atoms with Gasteiger partial charge in [0, 0.05) is 10.2 Å². The van der Waals surface area contributed by atoms with Crippen LogP contribution >= 0.6 is 15.9 Å². The fraction of sp³-hybridized carbons (Fsp3) is 0.273. The lowest BCUT2D eigenvalue weighted by molar-refractivity contribution is -0.140. The number of carbonyl (C=O) groups excluding carboxylic acids is 2. The number of hydrogen-bond donors (Lipinski definition) is 2. The van der Waals surface area contributed by atoms with E-state index in [0.29, 0.717) is 33.0 Å². The summed E-state index contributed by atoms with van der Waals surface area (Å²) in [6.07, 6.45) is 0. The number of allylic oxidation sites excluding steroid dienone is 1. The second kappa shape index (κ2) is 10.2. The van der Waals surface area contributed by atoms with E-state index in [-0.39, 0.29) is 18.8 Å². The molecule has 0 aliphatic carbocycles. The molecule has 2 N–H and O–H groups in total. The zero-order chi connectivity index (χ0) is 22.4. The Labute approximate surface area is 188 Å². The summed E-state index contributed by atoms with van der Waals surface area (Å²) in [7, 11) is 3.04. The number of benzene rings is 2. The monoisotopic (exact) mass is 490 g/mol. The highest BCUT2D eigenvalue weighted by molar-refractivity contribution is 9.10. The average Bonchev–Trinajstić information content (AvgIpc) is 2.76. The molecule has 0 aromatic heterocycles. The third kappa shape index (κ3) is 5.29. The predicted molar refractivity (Wildman–Crippen MR) is 117 cm³/mol. The van der Waals surface area contributed by atoms with Crippen LogP contribution in [0.4, 0.5) is 4.79 Å². The molecular weight excluding hydrogens is 468 g/mol. The van der Waals surface area contributed by atoms with Gasteiger partial charge < -0.3 is 29.6 Å². The second-order valence-electron chi connectivity index (χ2n) is 6.60. The van der Waals surface area contributed by atoms with Gasteiger partial charge in [0.2, 0.25) is 0 Å². The molecule has 0 fully saturated rings. The lowest BCUT2D eigenvalue weighted by Gasteiger charge is -2.29. The molecule has 0 spiro atoms. The molecule has 0 bridgehead atoms. The number of nitrogens with one attached hydrogen (secondary N) is 2. The molecule has 3 rings (SSSR count). The molecule has 1 aliphatic heterocycles. The average molecular weight is 491 g/mol. The van der Waals surface area contributed by atoms with Crippen LogP contribution in [0, 0.1) is 0 Å². The topological polar surface area (TPSA) is 95.1 Å². The summed E-state index contributed by atoms with van der Waals surface area (Å²) < 4.78 is 22.3. The Morgan fingerprint density at radius 2 is 1.74 bits per heavy atom. The fourth-order valence-corrected chi connectivity index (χ4v) is 3.73. The number of esters is 1. The van der Waals surface area contributed by atoms with Gasteiger partial charge in [-0.15, -0.1) is 0 Å². The molecule has 0 unspecified atom stereocenters. The van der Waals surface area contributed by atoms with E-state index in [1.807, 2.05) is 30.3 Å². The SMILES string of the molecule is COc1cc(Br)c([C@H]2NC(=O)NC(C)=C2C(=O)OCCOc2ccccc2)cc1OC. The van der Waals surface area contributed by atoms with Gasteiger partial charge in [-0.2, -0.15) is 0 Å². The van der Waals surface area contributed by atoms with Crippen molar-refractivity contribution in [3.05, 3.63) is 63.8 Å². The zero-order valence-electron chi connectivity index (χ0n) is 17.4. The number of ether oxygens (including phenoxy) is 4. The van der Waals surface area contributed by atoms with Crippen LogP contribution in [0.15, 0.2) is 58.2 Å². The van der Waals surface area contributed by atoms with Gasteiger partial charge in [0.1, 0.15) is 19.0 Å². The lowest BCUT2D eigenvalue weighted by atomic mass is 9.95.